The highest BCUT2D eigenvalue weighted by Crippen LogP contribution is 2.31. The summed E-state index contributed by atoms with van der Waals surface area (Å²) < 4.78 is 0. The average molecular weight is 274 g/mol. The molecule has 0 aliphatic heterocycles. The molecule has 0 saturated heterocycles. The van der Waals surface area contributed by atoms with Crippen molar-refractivity contribution in [2.45, 2.75) is 27.2 Å². The summed E-state index contributed by atoms with van der Waals surface area (Å²) in [7, 11) is 0. The second-order valence-electron chi connectivity index (χ2n) is 6.56. The number of allylic oxidation sites excluding steroid dienone is 9. The Morgan fingerprint density at radius 3 is 2.67 bits per heavy atom. The Labute approximate surface area is 127 Å². The van der Waals surface area contributed by atoms with Crippen LogP contribution < -0.4 is 0 Å². The van der Waals surface area contributed by atoms with Gasteiger partial charge >= 0.3 is 0 Å². The van der Waals surface area contributed by atoms with Crippen molar-refractivity contribution in [1.82, 2.24) is 0 Å². The smallest absolute Gasteiger partial charge is 0.00109 e. The normalized spacial score (nSPS) is 19.4. The molecule has 0 bridgehead atoms. The summed E-state index contributed by atoms with van der Waals surface area (Å²) in [5.41, 5.74) is 6.92. The van der Waals surface area contributed by atoms with Crippen LogP contribution in [0.2, 0.25) is 0 Å². The van der Waals surface area contributed by atoms with Crippen LogP contribution in [0.4, 0.5) is 0 Å². The molecule has 0 amide bonds. The number of hydrogen-bond donors (Lipinski definition) is 0. The molecule has 21 heavy (non-hydrogen) atoms. The Morgan fingerprint density at radius 2 is 1.81 bits per heavy atom. The summed E-state index contributed by atoms with van der Waals surface area (Å²) in [5.74, 6) is 0. The minimum atomic E-state index is 0.123. The maximum absolute atomic E-state index is 2.28. The van der Waals surface area contributed by atoms with Gasteiger partial charge in [-0.15, -0.1) is 0 Å². The molecule has 0 N–H and O–H groups in total. The Balaban J connectivity index is 2.08. The van der Waals surface area contributed by atoms with Crippen LogP contribution >= 0.6 is 0 Å². The quantitative estimate of drug-likeness (QED) is 0.612. The summed E-state index contributed by atoms with van der Waals surface area (Å²) in [5, 5.41) is 0. The van der Waals surface area contributed by atoms with Crippen molar-refractivity contribution in [2.24, 2.45) is 5.41 Å². The average Bonchev–Trinajstić information content (AvgIpc) is 2.73. The fourth-order valence-corrected chi connectivity index (χ4v) is 2.88. The zero-order chi connectivity index (χ0) is 14.9. The van der Waals surface area contributed by atoms with Gasteiger partial charge in [0.1, 0.15) is 0 Å². The minimum Gasteiger partial charge on any atom is -0.0751 e. The van der Waals surface area contributed by atoms with Gasteiger partial charge in [0, 0.05) is 5.41 Å². The van der Waals surface area contributed by atoms with E-state index in [1.807, 2.05) is 0 Å². The second-order valence-corrected chi connectivity index (χ2v) is 6.56. The molecule has 1 aromatic rings. The van der Waals surface area contributed by atoms with E-state index in [1.54, 1.807) is 0 Å². The molecule has 2 aliphatic rings. The fraction of sp³-hybridized carbons (Fsp3) is 0.238. The highest BCUT2D eigenvalue weighted by Gasteiger charge is 2.14. The molecule has 0 radical (unpaired) electrons. The van der Waals surface area contributed by atoms with E-state index in [4.69, 9.17) is 0 Å². The fourth-order valence-electron chi connectivity index (χ4n) is 2.88. The molecule has 106 valence electrons. The molecule has 0 atom stereocenters. The van der Waals surface area contributed by atoms with Gasteiger partial charge in [0.05, 0.1) is 0 Å². The number of rotatable bonds is 1. The first-order chi connectivity index (χ1) is 10.1. The van der Waals surface area contributed by atoms with Crippen molar-refractivity contribution in [1.29, 1.82) is 0 Å². The Hall–Kier alpha value is -2.08. The van der Waals surface area contributed by atoms with Gasteiger partial charge in [0.15, 0.2) is 0 Å². The van der Waals surface area contributed by atoms with Gasteiger partial charge in [-0.05, 0) is 35.6 Å². The highest BCUT2D eigenvalue weighted by molar-refractivity contribution is 5.83. The molecule has 0 saturated carbocycles. The first-order valence-corrected chi connectivity index (χ1v) is 7.60. The van der Waals surface area contributed by atoms with E-state index in [0.29, 0.717) is 0 Å². The van der Waals surface area contributed by atoms with Crippen LogP contribution in [0, 0.1) is 5.41 Å². The van der Waals surface area contributed by atoms with Crippen LogP contribution in [0.1, 0.15) is 37.5 Å². The number of hydrogen-bond acceptors (Lipinski definition) is 0. The Morgan fingerprint density at radius 1 is 0.952 bits per heavy atom. The predicted octanol–water partition coefficient (Wildman–Crippen LogP) is 5.74. The van der Waals surface area contributed by atoms with E-state index in [-0.39, 0.29) is 5.41 Å². The monoisotopic (exact) mass is 274 g/mol. The molecular formula is C21H22. The molecule has 3 rings (SSSR count). The Kier molecular flexibility index (Phi) is 3.55. The maximum atomic E-state index is 2.28. The zero-order valence-electron chi connectivity index (χ0n) is 13.1. The summed E-state index contributed by atoms with van der Waals surface area (Å²) >= 11 is 0. The van der Waals surface area contributed by atoms with Crippen LogP contribution in [0.25, 0.3) is 11.6 Å². The van der Waals surface area contributed by atoms with Gasteiger partial charge in [-0.1, -0.05) is 86.2 Å². The lowest BCUT2D eigenvalue weighted by Crippen LogP contribution is -2.00. The van der Waals surface area contributed by atoms with Gasteiger partial charge in [-0.3, -0.25) is 0 Å². The van der Waals surface area contributed by atoms with E-state index in [1.165, 1.54) is 27.8 Å². The number of benzene rings is 1. The molecule has 0 fully saturated rings. The van der Waals surface area contributed by atoms with E-state index in [9.17, 15) is 0 Å². The number of fused-ring (bicyclic) bond motifs is 1. The van der Waals surface area contributed by atoms with Crippen LogP contribution in [0.3, 0.4) is 0 Å². The lowest BCUT2D eigenvalue weighted by molar-refractivity contribution is 0.627. The molecule has 0 unspecified atom stereocenters. The van der Waals surface area contributed by atoms with Crippen LogP contribution in [-0.2, 0) is 6.42 Å². The standard InChI is InChI=1S/C21H22/c1-16-7-4-10-20-18(15-16)8-5-11-19(20)17-9-6-13-21(2,3)14-12-17/h4-14H,15H2,1-3H3. The molecule has 1 aromatic carbocycles. The van der Waals surface area contributed by atoms with Crippen molar-refractivity contribution in [3.8, 4) is 0 Å². The third kappa shape index (κ3) is 3.00. The minimum absolute atomic E-state index is 0.123. The summed E-state index contributed by atoms with van der Waals surface area (Å²) in [6.07, 6.45) is 18.9. The molecule has 0 nitrogen and oxygen atoms in total. The van der Waals surface area contributed by atoms with E-state index < -0.39 is 0 Å². The van der Waals surface area contributed by atoms with Crippen molar-refractivity contribution in [3.63, 3.8) is 0 Å². The third-order valence-electron chi connectivity index (χ3n) is 4.11. The third-order valence-corrected chi connectivity index (χ3v) is 4.11. The van der Waals surface area contributed by atoms with E-state index in [0.717, 1.165) is 6.42 Å². The SMILES string of the molecule is CC1=CC=Cc2c(cccc2C2=CC=CC(C)(C)C=C2)C1. The predicted molar refractivity (Wildman–Crippen MR) is 93.0 cm³/mol. The summed E-state index contributed by atoms with van der Waals surface area (Å²) in [6, 6.07) is 6.65. The van der Waals surface area contributed by atoms with Crippen molar-refractivity contribution < 1.29 is 0 Å². The highest BCUT2D eigenvalue weighted by atomic mass is 14.2. The van der Waals surface area contributed by atoms with Crippen LogP contribution in [-0.4, -0.2) is 0 Å². The Bertz CT molecular complexity index is 704. The first kappa shape index (κ1) is 13.9. The molecule has 0 spiro atoms. The van der Waals surface area contributed by atoms with Crippen molar-refractivity contribution in [3.05, 3.63) is 83.0 Å². The van der Waals surface area contributed by atoms with Gasteiger partial charge < -0.3 is 0 Å². The largest absolute Gasteiger partial charge is 0.0751 e. The van der Waals surface area contributed by atoms with Crippen molar-refractivity contribution >= 4 is 11.6 Å². The zero-order valence-corrected chi connectivity index (χ0v) is 13.1. The lowest BCUT2D eigenvalue weighted by Gasteiger charge is -2.14. The van der Waals surface area contributed by atoms with Gasteiger partial charge in [-0.25, -0.2) is 0 Å². The molecule has 0 heteroatoms. The topological polar surface area (TPSA) is 0 Å². The van der Waals surface area contributed by atoms with Gasteiger partial charge in [0.25, 0.3) is 0 Å². The molecular weight excluding hydrogens is 252 g/mol. The van der Waals surface area contributed by atoms with E-state index >= 15 is 0 Å². The first-order valence-electron chi connectivity index (χ1n) is 7.60. The molecule has 0 heterocycles. The van der Waals surface area contributed by atoms with Crippen LogP contribution in [0.15, 0.2) is 66.3 Å². The van der Waals surface area contributed by atoms with Crippen LogP contribution in [0.5, 0.6) is 0 Å². The maximum Gasteiger partial charge on any atom is 0.00109 e. The summed E-state index contributed by atoms with van der Waals surface area (Å²) in [6.45, 7) is 6.66. The lowest BCUT2D eigenvalue weighted by atomic mass is 9.91. The molecule has 0 aromatic heterocycles. The summed E-state index contributed by atoms with van der Waals surface area (Å²) in [4.78, 5) is 0. The van der Waals surface area contributed by atoms with E-state index in [2.05, 4.69) is 87.6 Å². The van der Waals surface area contributed by atoms with Gasteiger partial charge in [-0.2, -0.15) is 0 Å². The second kappa shape index (κ2) is 5.37. The van der Waals surface area contributed by atoms with Gasteiger partial charge in [0.2, 0.25) is 0 Å². The molecule has 2 aliphatic carbocycles. The van der Waals surface area contributed by atoms with Crippen molar-refractivity contribution in [2.75, 3.05) is 0 Å².